The highest BCUT2D eigenvalue weighted by Gasteiger charge is 2.05. The second-order valence-electron chi connectivity index (χ2n) is 13.5. The zero-order valence-electron chi connectivity index (χ0n) is 31.1. The molecule has 0 saturated heterocycles. The Labute approximate surface area is 329 Å². The van der Waals surface area contributed by atoms with E-state index in [1.165, 1.54) is 98.0 Å². The van der Waals surface area contributed by atoms with Crippen molar-refractivity contribution >= 4 is 0 Å². The highest BCUT2D eigenvalue weighted by atomic mass is 14.1. The van der Waals surface area contributed by atoms with Crippen molar-refractivity contribution in [2.24, 2.45) is 0 Å². The molecule has 1 fully saturated rings. The molecular weight excluding hydrogens is 649 g/mol. The summed E-state index contributed by atoms with van der Waals surface area (Å²) in [6.07, 6.45) is 6.00. The molecule has 0 aromatic heterocycles. The topological polar surface area (TPSA) is 0 Å². The molecule has 0 nitrogen and oxygen atoms in total. The van der Waals surface area contributed by atoms with Gasteiger partial charge in [0.15, 0.2) is 0 Å². The van der Waals surface area contributed by atoms with Gasteiger partial charge >= 0.3 is 0 Å². The van der Waals surface area contributed by atoms with Gasteiger partial charge in [-0.15, -0.1) is 0 Å². The zero-order valence-corrected chi connectivity index (χ0v) is 31.1. The van der Waals surface area contributed by atoms with Gasteiger partial charge in [-0.25, -0.2) is 0 Å². The van der Waals surface area contributed by atoms with Crippen molar-refractivity contribution in [1.29, 1.82) is 0 Å². The molecule has 7 aromatic carbocycles. The molecule has 8 rings (SSSR count). The first-order valence-corrected chi connectivity index (χ1v) is 18.4. The van der Waals surface area contributed by atoms with Gasteiger partial charge in [-0.1, -0.05) is 223 Å². The van der Waals surface area contributed by atoms with Crippen LogP contribution in [0.2, 0.25) is 0 Å². The highest BCUT2D eigenvalue weighted by molar-refractivity contribution is 5.74. The Kier molecular flexibility index (Phi) is 19.3. The van der Waals surface area contributed by atoms with Crippen LogP contribution in [0.25, 0.3) is 44.5 Å². The fourth-order valence-corrected chi connectivity index (χ4v) is 6.00. The van der Waals surface area contributed by atoms with E-state index in [1.54, 1.807) is 0 Å². The fourth-order valence-electron chi connectivity index (χ4n) is 6.00. The maximum Gasteiger partial charge on any atom is -0.0149 e. The van der Waals surface area contributed by atoms with Gasteiger partial charge in [0.1, 0.15) is 0 Å². The Balaban J connectivity index is 0.000000262. The summed E-state index contributed by atoms with van der Waals surface area (Å²) in [6, 6.07) is 61.8. The molecule has 0 bridgehead atoms. The van der Waals surface area contributed by atoms with Crippen LogP contribution in [0, 0.1) is 34.6 Å². The third kappa shape index (κ3) is 13.2. The molecule has 0 N–H and O–H groups in total. The Morgan fingerprint density at radius 1 is 0.278 bits per heavy atom. The maximum absolute atomic E-state index is 2.26. The Morgan fingerprint density at radius 3 is 1.11 bits per heavy atom. The summed E-state index contributed by atoms with van der Waals surface area (Å²) in [5.74, 6) is 0. The minimum Gasteiger partial charge on any atom is -0.0776 e. The molecule has 1 aliphatic rings. The van der Waals surface area contributed by atoms with Crippen LogP contribution in [0.1, 0.15) is 75.8 Å². The van der Waals surface area contributed by atoms with Gasteiger partial charge in [-0.2, -0.15) is 0 Å². The smallest absolute Gasteiger partial charge is 0.0149 e. The SMILES string of the molecule is C.C.C.C1CCC1.Cc1cc(-c2ccccc2)cc(-c2ccccc2)c1.Cc1cccc(-c2ccccc2)c1.Cc1ccccc1-c1cccc(C)c1C. The third-order valence-corrected chi connectivity index (χ3v) is 9.46. The van der Waals surface area contributed by atoms with Crippen molar-refractivity contribution in [2.75, 3.05) is 0 Å². The lowest BCUT2D eigenvalue weighted by Gasteiger charge is -2.10. The summed E-state index contributed by atoms with van der Waals surface area (Å²) in [5, 5.41) is 0. The number of rotatable bonds is 4. The molecule has 280 valence electrons. The molecule has 54 heavy (non-hydrogen) atoms. The molecule has 0 heterocycles. The first kappa shape index (κ1) is 44.7. The largest absolute Gasteiger partial charge is 0.0776 e. The van der Waals surface area contributed by atoms with Crippen molar-refractivity contribution in [1.82, 2.24) is 0 Å². The van der Waals surface area contributed by atoms with E-state index in [0.717, 1.165) is 0 Å². The molecule has 0 amide bonds. The van der Waals surface area contributed by atoms with Crippen LogP contribution >= 0.6 is 0 Å². The first-order valence-electron chi connectivity index (χ1n) is 18.4. The zero-order chi connectivity index (χ0) is 35.8. The third-order valence-electron chi connectivity index (χ3n) is 9.46. The van der Waals surface area contributed by atoms with Crippen LogP contribution in [0.3, 0.4) is 0 Å². The Morgan fingerprint density at radius 2 is 0.648 bits per heavy atom. The molecule has 0 spiro atoms. The van der Waals surface area contributed by atoms with E-state index < -0.39 is 0 Å². The van der Waals surface area contributed by atoms with E-state index in [0.29, 0.717) is 0 Å². The van der Waals surface area contributed by atoms with E-state index in [-0.39, 0.29) is 22.3 Å². The van der Waals surface area contributed by atoms with Crippen LogP contribution in [0.4, 0.5) is 0 Å². The molecule has 0 unspecified atom stereocenters. The van der Waals surface area contributed by atoms with Crippen molar-refractivity contribution in [3.8, 4) is 44.5 Å². The predicted octanol–water partition coefficient (Wildman–Crippen LogP) is 16.7. The summed E-state index contributed by atoms with van der Waals surface area (Å²) in [6.45, 7) is 10.8. The Hall–Kier alpha value is -5.46. The number of hydrogen-bond donors (Lipinski definition) is 0. The van der Waals surface area contributed by atoms with Crippen molar-refractivity contribution in [3.63, 3.8) is 0 Å². The van der Waals surface area contributed by atoms with Crippen LogP contribution in [0.5, 0.6) is 0 Å². The van der Waals surface area contributed by atoms with Gasteiger partial charge in [0, 0.05) is 0 Å². The number of benzene rings is 7. The van der Waals surface area contributed by atoms with E-state index in [2.05, 4.69) is 204 Å². The first-order chi connectivity index (χ1) is 24.9. The van der Waals surface area contributed by atoms with Crippen LogP contribution in [-0.4, -0.2) is 0 Å². The van der Waals surface area contributed by atoms with Crippen LogP contribution in [0.15, 0.2) is 176 Å². The van der Waals surface area contributed by atoms with E-state index in [1.807, 2.05) is 6.07 Å². The van der Waals surface area contributed by atoms with E-state index in [9.17, 15) is 0 Å². The molecule has 7 aromatic rings. The molecule has 1 saturated carbocycles. The summed E-state index contributed by atoms with van der Waals surface area (Å²) < 4.78 is 0. The second kappa shape index (κ2) is 23.3. The summed E-state index contributed by atoms with van der Waals surface area (Å²) in [5.41, 5.74) is 17.0. The summed E-state index contributed by atoms with van der Waals surface area (Å²) in [4.78, 5) is 0. The lowest BCUT2D eigenvalue weighted by Crippen LogP contribution is -1.88. The van der Waals surface area contributed by atoms with Crippen LogP contribution < -0.4 is 0 Å². The summed E-state index contributed by atoms with van der Waals surface area (Å²) >= 11 is 0. The molecular formula is C54H64. The monoisotopic (exact) mass is 713 g/mol. The summed E-state index contributed by atoms with van der Waals surface area (Å²) in [7, 11) is 0. The highest BCUT2D eigenvalue weighted by Crippen LogP contribution is 2.29. The van der Waals surface area contributed by atoms with Crippen molar-refractivity contribution in [2.45, 2.75) is 82.6 Å². The lowest BCUT2D eigenvalue weighted by atomic mass is 9.94. The second-order valence-corrected chi connectivity index (χ2v) is 13.5. The van der Waals surface area contributed by atoms with Crippen molar-refractivity contribution in [3.05, 3.63) is 204 Å². The number of aryl methyl sites for hydroxylation is 4. The average molecular weight is 713 g/mol. The molecule has 0 radical (unpaired) electrons. The predicted molar refractivity (Wildman–Crippen MR) is 243 cm³/mol. The lowest BCUT2D eigenvalue weighted by molar-refractivity contribution is 0.504. The normalized spacial score (nSPS) is 10.7. The fraction of sp³-hybridized carbons (Fsp3) is 0.222. The molecule has 1 aliphatic carbocycles. The number of hydrogen-bond acceptors (Lipinski definition) is 0. The molecule has 0 aliphatic heterocycles. The van der Waals surface area contributed by atoms with Gasteiger partial charge < -0.3 is 0 Å². The van der Waals surface area contributed by atoms with Gasteiger partial charge in [0.05, 0.1) is 0 Å². The standard InChI is InChI=1S/C19H16.C15H16.C13H12.C4H8.3CH4/c1-15-12-18(16-8-4-2-5-9-16)14-19(13-15)17-10-6-3-7-11-17;1-11-8-6-10-15(13(11)3)14-9-5-4-7-12(14)2;1-11-6-5-9-13(10-11)12-7-3-2-4-8-12;1-2-4-3-1;;;/h2-14H,1H3;4-10H,1-3H3;2-10H,1H3;1-4H2;3*1H4. The minimum atomic E-state index is 0. The van der Waals surface area contributed by atoms with E-state index >= 15 is 0 Å². The van der Waals surface area contributed by atoms with Gasteiger partial charge in [0.2, 0.25) is 0 Å². The Bertz CT molecular complexity index is 2010. The van der Waals surface area contributed by atoms with E-state index in [4.69, 9.17) is 0 Å². The van der Waals surface area contributed by atoms with Crippen LogP contribution in [-0.2, 0) is 0 Å². The quantitative estimate of drug-likeness (QED) is 0.170. The molecule has 0 atom stereocenters. The van der Waals surface area contributed by atoms with Gasteiger partial charge in [0.25, 0.3) is 0 Å². The minimum absolute atomic E-state index is 0. The maximum atomic E-state index is 2.26. The average Bonchev–Trinajstić information content (AvgIpc) is 3.14. The van der Waals surface area contributed by atoms with Crippen molar-refractivity contribution < 1.29 is 0 Å². The van der Waals surface area contributed by atoms with Gasteiger partial charge in [-0.3, -0.25) is 0 Å². The van der Waals surface area contributed by atoms with Gasteiger partial charge in [-0.05, 0) is 107 Å². The molecule has 0 heteroatoms.